The Labute approximate surface area is 101 Å². The highest BCUT2D eigenvalue weighted by Gasteiger charge is 2.39. The molecule has 88 valence electrons. The minimum atomic E-state index is 0.472. The molecule has 3 atom stereocenters. The fraction of sp³-hybridized carbons (Fsp3) is 1.00. The molecule has 3 heteroatoms. The van der Waals surface area contributed by atoms with E-state index < -0.39 is 0 Å². The summed E-state index contributed by atoms with van der Waals surface area (Å²) in [4.78, 5) is 2.63. The second-order valence-electron chi connectivity index (χ2n) is 5.61. The van der Waals surface area contributed by atoms with Gasteiger partial charge in [0, 0.05) is 31.6 Å². The molecule has 0 spiro atoms. The van der Waals surface area contributed by atoms with Gasteiger partial charge in [0.1, 0.15) is 0 Å². The van der Waals surface area contributed by atoms with Gasteiger partial charge in [-0.05, 0) is 23.7 Å². The van der Waals surface area contributed by atoms with Crippen LogP contribution in [-0.4, -0.2) is 43.1 Å². The standard InChI is InChI=1S/C12H22BrNO/c1-10-5-14(9-12(10,2)8-13)6-11-3-4-15-7-11/h10-11H,3-9H2,1-2H3. The van der Waals surface area contributed by atoms with E-state index >= 15 is 0 Å². The molecule has 2 fully saturated rings. The van der Waals surface area contributed by atoms with Gasteiger partial charge in [0.2, 0.25) is 0 Å². The summed E-state index contributed by atoms with van der Waals surface area (Å²) in [6, 6.07) is 0. The highest BCUT2D eigenvalue weighted by molar-refractivity contribution is 9.09. The van der Waals surface area contributed by atoms with E-state index in [-0.39, 0.29) is 0 Å². The van der Waals surface area contributed by atoms with Crippen molar-refractivity contribution >= 4 is 15.9 Å². The molecule has 0 radical (unpaired) electrons. The molecule has 2 saturated heterocycles. The number of nitrogens with zero attached hydrogens (tertiary/aromatic N) is 1. The van der Waals surface area contributed by atoms with Crippen molar-refractivity contribution in [1.82, 2.24) is 4.90 Å². The van der Waals surface area contributed by atoms with Crippen molar-refractivity contribution < 1.29 is 4.74 Å². The van der Waals surface area contributed by atoms with Crippen LogP contribution >= 0.6 is 15.9 Å². The van der Waals surface area contributed by atoms with Gasteiger partial charge in [-0.3, -0.25) is 0 Å². The maximum absolute atomic E-state index is 5.44. The number of ether oxygens (including phenoxy) is 1. The molecule has 2 aliphatic heterocycles. The van der Waals surface area contributed by atoms with E-state index in [1.54, 1.807) is 0 Å². The summed E-state index contributed by atoms with van der Waals surface area (Å²) in [5.74, 6) is 1.59. The lowest BCUT2D eigenvalue weighted by atomic mass is 9.83. The van der Waals surface area contributed by atoms with Crippen LogP contribution in [0, 0.1) is 17.3 Å². The molecule has 2 aliphatic rings. The number of alkyl halides is 1. The van der Waals surface area contributed by atoms with Gasteiger partial charge >= 0.3 is 0 Å². The average Bonchev–Trinajstić information content (AvgIpc) is 2.78. The summed E-state index contributed by atoms with van der Waals surface area (Å²) in [7, 11) is 0. The zero-order valence-electron chi connectivity index (χ0n) is 9.84. The van der Waals surface area contributed by atoms with Crippen molar-refractivity contribution in [1.29, 1.82) is 0 Å². The second kappa shape index (κ2) is 4.72. The predicted molar refractivity (Wildman–Crippen MR) is 66.4 cm³/mol. The fourth-order valence-electron chi connectivity index (χ4n) is 2.74. The predicted octanol–water partition coefficient (Wildman–Crippen LogP) is 2.38. The molecular formula is C12H22BrNO. The first-order chi connectivity index (χ1) is 7.14. The van der Waals surface area contributed by atoms with Crippen molar-refractivity contribution in [3.63, 3.8) is 0 Å². The normalized spacial score (nSPS) is 42.6. The monoisotopic (exact) mass is 275 g/mol. The van der Waals surface area contributed by atoms with Crippen LogP contribution in [0.25, 0.3) is 0 Å². The second-order valence-corrected chi connectivity index (χ2v) is 6.17. The summed E-state index contributed by atoms with van der Waals surface area (Å²) >= 11 is 3.66. The average molecular weight is 276 g/mol. The highest BCUT2D eigenvalue weighted by Crippen LogP contribution is 2.37. The fourth-order valence-corrected chi connectivity index (χ4v) is 3.47. The number of likely N-dealkylation sites (tertiary alicyclic amines) is 1. The zero-order chi connectivity index (χ0) is 10.9. The first kappa shape index (κ1) is 11.9. The third-order valence-corrected chi connectivity index (χ3v) is 5.43. The van der Waals surface area contributed by atoms with Crippen molar-refractivity contribution in [3.05, 3.63) is 0 Å². The van der Waals surface area contributed by atoms with Crippen molar-refractivity contribution in [2.75, 3.05) is 38.2 Å². The van der Waals surface area contributed by atoms with Crippen LogP contribution in [0.1, 0.15) is 20.3 Å². The van der Waals surface area contributed by atoms with E-state index in [0.29, 0.717) is 5.41 Å². The summed E-state index contributed by atoms with van der Waals surface area (Å²) in [6.45, 7) is 10.5. The Balaban J connectivity index is 1.85. The molecular weight excluding hydrogens is 254 g/mol. The van der Waals surface area contributed by atoms with Gasteiger partial charge in [0.05, 0.1) is 6.61 Å². The van der Waals surface area contributed by atoms with E-state index in [1.807, 2.05) is 0 Å². The molecule has 15 heavy (non-hydrogen) atoms. The van der Waals surface area contributed by atoms with E-state index in [4.69, 9.17) is 4.74 Å². The van der Waals surface area contributed by atoms with Crippen LogP contribution < -0.4 is 0 Å². The maximum atomic E-state index is 5.44. The topological polar surface area (TPSA) is 12.5 Å². The van der Waals surface area contributed by atoms with Crippen molar-refractivity contribution in [2.45, 2.75) is 20.3 Å². The lowest BCUT2D eigenvalue weighted by molar-refractivity contribution is 0.171. The molecule has 0 aromatic carbocycles. The van der Waals surface area contributed by atoms with E-state index in [2.05, 4.69) is 34.7 Å². The van der Waals surface area contributed by atoms with Crippen LogP contribution in [0.15, 0.2) is 0 Å². The molecule has 0 amide bonds. The van der Waals surface area contributed by atoms with E-state index in [1.165, 1.54) is 26.1 Å². The van der Waals surface area contributed by atoms with Crippen LogP contribution in [0.4, 0.5) is 0 Å². The summed E-state index contributed by atoms with van der Waals surface area (Å²) in [5, 5.41) is 1.12. The van der Waals surface area contributed by atoms with Gasteiger partial charge in [0.25, 0.3) is 0 Å². The van der Waals surface area contributed by atoms with Gasteiger partial charge in [-0.25, -0.2) is 0 Å². The van der Waals surface area contributed by atoms with Gasteiger partial charge < -0.3 is 9.64 Å². The molecule has 2 nitrogen and oxygen atoms in total. The summed E-state index contributed by atoms with van der Waals surface area (Å²) < 4.78 is 5.44. The molecule has 0 bridgehead atoms. The van der Waals surface area contributed by atoms with E-state index in [0.717, 1.165) is 30.4 Å². The van der Waals surface area contributed by atoms with Gasteiger partial charge in [-0.1, -0.05) is 29.8 Å². The lowest BCUT2D eigenvalue weighted by Crippen LogP contribution is -2.31. The van der Waals surface area contributed by atoms with Crippen molar-refractivity contribution in [2.24, 2.45) is 17.3 Å². The quantitative estimate of drug-likeness (QED) is 0.734. The highest BCUT2D eigenvalue weighted by atomic mass is 79.9. The van der Waals surface area contributed by atoms with Gasteiger partial charge in [-0.2, -0.15) is 0 Å². The Morgan fingerprint density at radius 3 is 2.87 bits per heavy atom. The minimum absolute atomic E-state index is 0.472. The Bertz CT molecular complexity index is 218. The molecule has 0 aliphatic carbocycles. The Kier molecular flexibility index (Phi) is 3.74. The maximum Gasteiger partial charge on any atom is 0.0507 e. The van der Waals surface area contributed by atoms with E-state index in [9.17, 15) is 0 Å². The van der Waals surface area contributed by atoms with Gasteiger partial charge in [0.15, 0.2) is 0 Å². The zero-order valence-corrected chi connectivity index (χ0v) is 11.4. The smallest absolute Gasteiger partial charge is 0.0507 e. The largest absolute Gasteiger partial charge is 0.381 e. The summed E-state index contributed by atoms with van der Waals surface area (Å²) in [6.07, 6.45) is 1.26. The Morgan fingerprint density at radius 2 is 2.33 bits per heavy atom. The van der Waals surface area contributed by atoms with Crippen LogP contribution in [-0.2, 0) is 4.74 Å². The first-order valence-corrected chi connectivity index (χ1v) is 7.12. The SMILES string of the molecule is CC1CN(CC2CCOC2)CC1(C)CBr. The molecule has 2 heterocycles. The molecule has 0 N–H and O–H groups in total. The molecule has 2 rings (SSSR count). The van der Waals surface area contributed by atoms with Crippen LogP contribution in [0.3, 0.4) is 0 Å². The van der Waals surface area contributed by atoms with Gasteiger partial charge in [-0.15, -0.1) is 0 Å². The molecule has 3 unspecified atom stereocenters. The number of halogens is 1. The van der Waals surface area contributed by atoms with Crippen LogP contribution in [0.2, 0.25) is 0 Å². The minimum Gasteiger partial charge on any atom is -0.381 e. The van der Waals surface area contributed by atoms with Crippen molar-refractivity contribution in [3.8, 4) is 0 Å². The number of hydrogen-bond acceptors (Lipinski definition) is 2. The lowest BCUT2D eigenvalue weighted by Gasteiger charge is -2.26. The first-order valence-electron chi connectivity index (χ1n) is 6.00. The van der Waals surface area contributed by atoms with Crippen LogP contribution in [0.5, 0.6) is 0 Å². The Hall–Kier alpha value is 0.400. The molecule has 0 aromatic heterocycles. The molecule has 0 aromatic rings. The third kappa shape index (κ3) is 2.56. The number of hydrogen-bond donors (Lipinski definition) is 0. The summed E-state index contributed by atoms with van der Waals surface area (Å²) in [5.41, 5.74) is 0.472. The molecule has 0 saturated carbocycles. The third-order valence-electron chi connectivity index (χ3n) is 4.15. The Morgan fingerprint density at radius 1 is 1.53 bits per heavy atom. The number of rotatable bonds is 3.